The molecule has 0 radical (unpaired) electrons. The van der Waals surface area contributed by atoms with Crippen molar-refractivity contribution in [2.45, 2.75) is 45.2 Å². The first-order chi connectivity index (χ1) is 10.6. The highest BCUT2D eigenvalue weighted by Gasteiger charge is 2.27. The van der Waals surface area contributed by atoms with Crippen molar-refractivity contribution in [2.24, 2.45) is 5.73 Å². The predicted octanol–water partition coefficient (Wildman–Crippen LogP) is 2.53. The molecule has 1 fully saturated rings. The summed E-state index contributed by atoms with van der Waals surface area (Å²) in [6.45, 7) is 5.46. The lowest BCUT2D eigenvalue weighted by Gasteiger charge is -2.34. The number of piperidine rings is 1. The summed E-state index contributed by atoms with van der Waals surface area (Å²) < 4.78 is 2.38. The van der Waals surface area contributed by atoms with Gasteiger partial charge in [0.05, 0.1) is 17.1 Å². The molecular weight excluding hydrogens is 312 g/mol. The zero-order valence-corrected chi connectivity index (χ0v) is 14.6. The summed E-state index contributed by atoms with van der Waals surface area (Å²) in [5.74, 6) is 1.20. The number of nitrogens with two attached hydrogens (primary N) is 1. The highest BCUT2D eigenvalue weighted by Crippen LogP contribution is 2.29. The van der Waals surface area contributed by atoms with E-state index < -0.39 is 6.04 Å². The largest absolute Gasteiger partial charge is 0.341 e. The monoisotopic (exact) mass is 336 g/mol. The second-order valence-corrected chi connectivity index (χ2v) is 6.09. The number of hydrogen-bond acceptors (Lipinski definition) is 3. The van der Waals surface area contributed by atoms with E-state index in [1.807, 2.05) is 11.0 Å². The molecular formula is C17H25ClN4O. The number of amides is 1. The number of carbonyl (C=O) groups is 1. The summed E-state index contributed by atoms with van der Waals surface area (Å²) in [6.07, 6.45) is 2.85. The lowest BCUT2D eigenvalue weighted by molar-refractivity contribution is -0.133. The minimum Gasteiger partial charge on any atom is -0.341 e. The van der Waals surface area contributed by atoms with Gasteiger partial charge in [-0.1, -0.05) is 19.1 Å². The Morgan fingerprint density at radius 2 is 2.00 bits per heavy atom. The molecule has 0 unspecified atom stereocenters. The quantitative estimate of drug-likeness (QED) is 0.936. The van der Waals surface area contributed by atoms with E-state index in [1.165, 1.54) is 5.52 Å². The second-order valence-electron chi connectivity index (χ2n) is 6.09. The molecule has 0 aliphatic carbocycles. The molecule has 2 heterocycles. The molecule has 1 amide bonds. The first-order valence-corrected chi connectivity index (χ1v) is 8.12. The molecule has 3 rings (SSSR count). The maximum Gasteiger partial charge on any atom is 0.239 e. The van der Waals surface area contributed by atoms with Gasteiger partial charge in [-0.3, -0.25) is 4.79 Å². The number of para-hydroxylation sites is 2. The van der Waals surface area contributed by atoms with Crippen LogP contribution < -0.4 is 5.73 Å². The number of likely N-dealkylation sites (tertiary alicyclic amines) is 1. The van der Waals surface area contributed by atoms with Gasteiger partial charge in [0.15, 0.2) is 0 Å². The van der Waals surface area contributed by atoms with Crippen molar-refractivity contribution < 1.29 is 4.79 Å². The Bertz CT molecular complexity index is 674. The van der Waals surface area contributed by atoms with Gasteiger partial charge in [-0.2, -0.15) is 0 Å². The van der Waals surface area contributed by atoms with Crippen molar-refractivity contribution in [1.82, 2.24) is 14.5 Å². The predicted molar refractivity (Wildman–Crippen MR) is 94.9 cm³/mol. The van der Waals surface area contributed by atoms with Crippen molar-refractivity contribution in [3.05, 3.63) is 30.1 Å². The molecule has 2 N–H and O–H groups in total. The third-order valence-electron chi connectivity index (χ3n) is 4.52. The Morgan fingerprint density at radius 1 is 1.35 bits per heavy atom. The third kappa shape index (κ3) is 3.35. The molecule has 2 aromatic rings. The van der Waals surface area contributed by atoms with E-state index in [0.29, 0.717) is 6.04 Å². The standard InChI is InChI=1S/C17H24N4O.ClH/c1-3-16-19-14-6-4-5-7-15(14)21(16)13-8-10-20(11-9-13)17(22)12(2)18;/h4-7,12-13H,3,8-11,18H2,1-2H3;1H/t12-;/m1./s1. The summed E-state index contributed by atoms with van der Waals surface area (Å²) >= 11 is 0. The van der Waals surface area contributed by atoms with Crippen LogP contribution in [0.2, 0.25) is 0 Å². The Hall–Kier alpha value is -1.59. The molecule has 1 atom stereocenters. The van der Waals surface area contributed by atoms with Crippen LogP contribution >= 0.6 is 12.4 Å². The first kappa shape index (κ1) is 17.8. The topological polar surface area (TPSA) is 64.2 Å². The Morgan fingerprint density at radius 3 is 2.61 bits per heavy atom. The van der Waals surface area contributed by atoms with Crippen LogP contribution in [0.25, 0.3) is 11.0 Å². The molecule has 5 nitrogen and oxygen atoms in total. The van der Waals surface area contributed by atoms with Crippen LogP contribution in [0.5, 0.6) is 0 Å². The molecule has 1 aromatic heterocycles. The van der Waals surface area contributed by atoms with Gasteiger partial charge in [-0.05, 0) is 31.9 Å². The van der Waals surface area contributed by atoms with Crippen LogP contribution in [0.4, 0.5) is 0 Å². The van der Waals surface area contributed by atoms with Gasteiger partial charge in [0.2, 0.25) is 5.91 Å². The molecule has 1 aliphatic rings. The Labute approximate surface area is 143 Å². The molecule has 0 spiro atoms. The number of fused-ring (bicyclic) bond motifs is 1. The SMILES string of the molecule is CCc1nc2ccccc2n1C1CCN(C(=O)[C@@H](C)N)CC1.Cl. The third-order valence-corrected chi connectivity index (χ3v) is 4.52. The average Bonchev–Trinajstić information content (AvgIpc) is 2.92. The normalized spacial score (nSPS) is 17.1. The van der Waals surface area contributed by atoms with Crippen molar-refractivity contribution in [2.75, 3.05) is 13.1 Å². The molecule has 6 heteroatoms. The summed E-state index contributed by atoms with van der Waals surface area (Å²) in [6, 6.07) is 8.31. The summed E-state index contributed by atoms with van der Waals surface area (Å²) in [4.78, 5) is 18.7. The second kappa shape index (κ2) is 7.32. The van der Waals surface area contributed by atoms with Crippen molar-refractivity contribution in [3.8, 4) is 0 Å². The van der Waals surface area contributed by atoms with Gasteiger partial charge < -0.3 is 15.2 Å². The number of imidazole rings is 1. The van der Waals surface area contributed by atoms with Crippen molar-refractivity contribution in [3.63, 3.8) is 0 Å². The Kier molecular flexibility index (Phi) is 5.65. The van der Waals surface area contributed by atoms with E-state index in [2.05, 4.69) is 29.7 Å². The Balaban J connectivity index is 0.00000192. The van der Waals surface area contributed by atoms with Crippen LogP contribution in [-0.2, 0) is 11.2 Å². The number of carbonyl (C=O) groups excluding carboxylic acids is 1. The summed E-state index contributed by atoms with van der Waals surface area (Å²) in [5, 5.41) is 0. The maximum atomic E-state index is 12.0. The first-order valence-electron chi connectivity index (χ1n) is 8.12. The van der Waals surface area contributed by atoms with Gasteiger partial charge in [0.25, 0.3) is 0 Å². The molecule has 0 bridgehead atoms. The highest BCUT2D eigenvalue weighted by molar-refractivity contribution is 5.85. The molecule has 1 aromatic carbocycles. The number of rotatable bonds is 3. The van der Waals surface area contributed by atoms with E-state index in [4.69, 9.17) is 10.7 Å². The maximum absolute atomic E-state index is 12.0. The van der Waals surface area contributed by atoms with Gasteiger partial charge in [-0.25, -0.2) is 4.98 Å². The van der Waals surface area contributed by atoms with Crippen molar-refractivity contribution in [1.29, 1.82) is 0 Å². The van der Waals surface area contributed by atoms with Crippen LogP contribution in [0, 0.1) is 0 Å². The van der Waals surface area contributed by atoms with E-state index in [1.54, 1.807) is 6.92 Å². The van der Waals surface area contributed by atoms with Gasteiger partial charge >= 0.3 is 0 Å². The zero-order chi connectivity index (χ0) is 15.7. The summed E-state index contributed by atoms with van der Waals surface area (Å²) in [5.41, 5.74) is 7.98. The number of nitrogens with zero attached hydrogens (tertiary/aromatic N) is 3. The fraction of sp³-hybridized carbons (Fsp3) is 0.529. The minimum absolute atomic E-state index is 0. The smallest absolute Gasteiger partial charge is 0.239 e. The van der Waals surface area contributed by atoms with E-state index in [9.17, 15) is 4.79 Å². The lowest BCUT2D eigenvalue weighted by Crippen LogP contribution is -2.46. The fourth-order valence-corrected chi connectivity index (χ4v) is 3.38. The van der Waals surface area contributed by atoms with Gasteiger partial charge in [-0.15, -0.1) is 12.4 Å². The van der Waals surface area contributed by atoms with Gasteiger partial charge in [0, 0.05) is 25.6 Å². The lowest BCUT2D eigenvalue weighted by atomic mass is 10.0. The van der Waals surface area contributed by atoms with Crippen LogP contribution in [-0.4, -0.2) is 39.5 Å². The van der Waals surface area contributed by atoms with Crippen LogP contribution in [0.15, 0.2) is 24.3 Å². The zero-order valence-electron chi connectivity index (χ0n) is 13.7. The number of halogens is 1. The summed E-state index contributed by atoms with van der Waals surface area (Å²) in [7, 11) is 0. The minimum atomic E-state index is -0.406. The van der Waals surface area contributed by atoms with Crippen molar-refractivity contribution >= 4 is 29.3 Å². The molecule has 1 saturated heterocycles. The number of benzene rings is 1. The van der Waals surface area contributed by atoms with E-state index >= 15 is 0 Å². The fourth-order valence-electron chi connectivity index (χ4n) is 3.38. The van der Waals surface area contributed by atoms with E-state index in [0.717, 1.165) is 43.7 Å². The molecule has 1 aliphatic heterocycles. The number of aryl methyl sites for hydroxylation is 1. The average molecular weight is 337 g/mol. The van der Waals surface area contributed by atoms with Crippen LogP contribution in [0.3, 0.4) is 0 Å². The molecule has 0 saturated carbocycles. The van der Waals surface area contributed by atoms with Crippen LogP contribution in [0.1, 0.15) is 38.6 Å². The van der Waals surface area contributed by atoms with Gasteiger partial charge in [0.1, 0.15) is 5.82 Å². The number of hydrogen-bond donors (Lipinski definition) is 1. The number of aromatic nitrogens is 2. The highest BCUT2D eigenvalue weighted by atomic mass is 35.5. The van der Waals surface area contributed by atoms with E-state index in [-0.39, 0.29) is 18.3 Å². The molecule has 23 heavy (non-hydrogen) atoms. The molecule has 126 valence electrons.